The third-order valence-corrected chi connectivity index (χ3v) is 5.98. The maximum Gasteiger partial charge on any atom is 0.263 e. The second-order valence-corrected chi connectivity index (χ2v) is 8.80. The van der Waals surface area contributed by atoms with E-state index in [2.05, 4.69) is 10.0 Å². The largest absolute Gasteiger partial charge is 0.497 e. The number of ether oxygens (including phenoxy) is 2. The van der Waals surface area contributed by atoms with Crippen LogP contribution in [0.25, 0.3) is 0 Å². The second-order valence-electron chi connectivity index (χ2n) is 6.74. The number of sulfonamides is 1. The zero-order valence-electron chi connectivity index (χ0n) is 15.0. The molecule has 7 nitrogen and oxygen atoms in total. The first-order valence-electron chi connectivity index (χ1n) is 8.07. The molecule has 2 N–H and O–H groups in total. The Kier molecular flexibility index (Phi) is 4.96. The highest BCUT2D eigenvalue weighted by atomic mass is 35.5. The molecule has 3 rings (SSSR count). The Balaban J connectivity index is 1.90. The van der Waals surface area contributed by atoms with Crippen LogP contribution in [0.2, 0.25) is 5.02 Å². The summed E-state index contributed by atoms with van der Waals surface area (Å²) in [6.07, 6.45) is 0. The van der Waals surface area contributed by atoms with Gasteiger partial charge in [-0.3, -0.25) is 9.52 Å². The molecule has 0 saturated carbocycles. The van der Waals surface area contributed by atoms with Crippen molar-refractivity contribution in [3.05, 3.63) is 41.4 Å². The molecule has 0 saturated heterocycles. The number of nitrogens with one attached hydrogen (secondary N) is 2. The first-order chi connectivity index (χ1) is 12.6. The first-order valence-corrected chi connectivity index (χ1v) is 9.93. The molecule has 0 aromatic heterocycles. The van der Waals surface area contributed by atoms with Crippen LogP contribution < -0.4 is 19.5 Å². The Hall–Kier alpha value is -2.45. The molecule has 2 aromatic carbocycles. The van der Waals surface area contributed by atoms with Crippen molar-refractivity contribution in [3.8, 4) is 11.5 Å². The predicted octanol–water partition coefficient (Wildman–Crippen LogP) is 3.51. The van der Waals surface area contributed by atoms with E-state index in [1.165, 1.54) is 31.4 Å². The summed E-state index contributed by atoms with van der Waals surface area (Å²) in [5, 5.41) is 2.80. The summed E-state index contributed by atoms with van der Waals surface area (Å²) in [6, 6.07) is 8.95. The Morgan fingerprint density at radius 2 is 1.96 bits per heavy atom. The summed E-state index contributed by atoms with van der Waals surface area (Å²) < 4.78 is 38.5. The monoisotopic (exact) mass is 410 g/mol. The van der Waals surface area contributed by atoms with Gasteiger partial charge in [0.1, 0.15) is 23.0 Å². The molecular weight excluding hydrogens is 392 g/mol. The van der Waals surface area contributed by atoms with E-state index in [9.17, 15) is 13.2 Å². The quantitative estimate of drug-likeness (QED) is 0.804. The number of fused-ring (bicyclic) bond motifs is 1. The van der Waals surface area contributed by atoms with Crippen LogP contribution in [-0.2, 0) is 14.8 Å². The van der Waals surface area contributed by atoms with Crippen LogP contribution >= 0.6 is 11.6 Å². The second kappa shape index (κ2) is 6.94. The lowest BCUT2D eigenvalue weighted by atomic mass is 9.94. The highest BCUT2D eigenvalue weighted by Crippen LogP contribution is 2.35. The molecule has 1 heterocycles. The molecule has 2 aromatic rings. The number of hydrogen-bond donors (Lipinski definition) is 2. The number of carbonyl (C=O) groups is 1. The van der Waals surface area contributed by atoms with Crippen molar-refractivity contribution in [2.45, 2.75) is 18.7 Å². The Morgan fingerprint density at radius 3 is 2.63 bits per heavy atom. The van der Waals surface area contributed by atoms with Gasteiger partial charge in [0, 0.05) is 6.07 Å². The number of benzene rings is 2. The van der Waals surface area contributed by atoms with Crippen molar-refractivity contribution in [3.63, 3.8) is 0 Å². The zero-order valence-corrected chi connectivity index (χ0v) is 16.6. The highest BCUT2D eigenvalue weighted by molar-refractivity contribution is 7.92. The van der Waals surface area contributed by atoms with Crippen LogP contribution in [-0.4, -0.2) is 28.0 Å². The number of halogens is 1. The summed E-state index contributed by atoms with van der Waals surface area (Å²) in [5.74, 6) is 0.713. The molecule has 0 bridgehead atoms. The maximum absolute atomic E-state index is 12.7. The van der Waals surface area contributed by atoms with Crippen LogP contribution in [0.3, 0.4) is 0 Å². The Bertz CT molecular complexity index is 1000. The topological polar surface area (TPSA) is 93.7 Å². The maximum atomic E-state index is 12.7. The highest BCUT2D eigenvalue weighted by Gasteiger charge is 2.32. The molecule has 1 amide bonds. The van der Waals surface area contributed by atoms with Crippen LogP contribution in [0.15, 0.2) is 41.3 Å². The summed E-state index contributed by atoms with van der Waals surface area (Å²) >= 11 is 6.07. The van der Waals surface area contributed by atoms with Gasteiger partial charge in [-0.25, -0.2) is 8.42 Å². The van der Waals surface area contributed by atoms with Crippen molar-refractivity contribution in [2.24, 2.45) is 5.41 Å². The zero-order chi connectivity index (χ0) is 19.8. The van der Waals surface area contributed by atoms with Gasteiger partial charge in [0.15, 0.2) is 0 Å². The van der Waals surface area contributed by atoms with E-state index in [0.717, 1.165) is 0 Å². The van der Waals surface area contributed by atoms with Gasteiger partial charge in [0.2, 0.25) is 5.91 Å². The van der Waals surface area contributed by atoms with E-state index in [1.807, 2.05) is 0 Å². The number of carbonyl (C=O) groups excluding carboxylic acids is 1. The SMILES string of the molecule is COc1ccc(S(=O)(=O)Nc2ccc3c(c2)NC(=O)C(C)(C)CO3)c(Cl)c1. The molecule has 27 heavy (non-hydrogen) atoms. The minimum atomic E-state index is -3.93. The van der Waals surface area contributed by atoms with E-state index in [4.69, 9.17) is 21.1 Å². The van der Waals surface area contributed by atoms with Crippen molar-refractivity contribution in [2.75, 3.05) is 23.8 Å². The molecule has 144 valence electrons. The van der Waals surface area contributed by atoms with Gasteiger partial charge in [-0.2, -0.15) is 0 Å². The molecule has 0 fully saturated rings. The van der Waals surface area contributed by atoms with Gasteiger partial charge < -0.3 is 14.8 Å². The van der Waals surface area contributed by atoms with Crippen LogP contribution in [0.1, 0.15) is 13.8 Å². The van der Waals surface area contributed by atoms with E-state index in [-0.39, 0.29) is 28.1 Å². The fourth-order valence-electron chi connectivity index (χ4n) is 2.47. The minimum Gasteiger partial charge on any atom is -0.497 e. The van der Waals surface area contributed by atoms with Crippen molar-refractivity contribution in [1.29, 1.82) is 0 Å². The lowest BCUT2D eigenvalue weighted by Crippen LogP contribution is -2.33. The van der Waals surface area contributed by atoms with Gasteiger partial charge in [-0.1, -0.05) is 11.6 Å². The predicted molar refractivity (Wildman–Crippen MR) is 103 cm³/mol. The fraction of sp³-hybridized carbons (Fsp3) is 0.278. The van der Waals surface area contributed by atoms with Gasteiger partial charge in [-0.15, -0.1) is 0 Å². The van der Waals surface area contributed by atoms with Crippen molar-refractivity contribution >= 4 is 38.9 Å². The number of methoxy groups -OCH3 is 1. The van der Waals surface area contributed by atoms with E-state index < -0.39 is 15.4 Å². The summed E-state index contributed by atoms with van der Waals surface area (Å²) in [5.41, 5.74) is -0.0363. The standard InChI is InChI=1S/C18H19ClN2O5S/c1-18(2)10-26-15-6-4-11(8-14(15)20-17(18)22)21-27(23,24)16-7-5-12(25-3)9-13(16)19/h4-9,21H,10H2,1-3H3,(H,20,22). The average molecular weight is 411 g/mol. The normalized spacial score (nSPS) is 15.8. The van der Waals surface area contributed by atoms with Crippen molar-refractivity contribution in [1.82, 2.24) is 0 Å². The van der Waals surface area contributed by atoms with E-state index in [1.54, 1.807) is 26.0 Å². The lowest BCUT2D eigenvalue weighted by Gasteiger charge is -2.18. The number of anilines is 2. The minimum absolute atomic E-state index is 0.0370. The molecule has 0 unspecified atom stereocenters. The number of amides is 1. The van der Waals surface area contributed by atoms with E-state index >= 15 is 0 Å². The third-order valence-electron chi connectivity index (χ3n) is 4.11. The molecule has 1 aliphatic heterocycles. The van der Waals surface area contributed by atoms with Crippen LogP contribution in [0.4, 0.5) is 11.4 Å². The van der Waals surface area contributed by atoms with Gasteiger partial charge >= 0.3 is 0 Å². The summed E-state index contributed by atoms with van der Waals surface area (Å²) in [6.45, 7) is 3.76. The smallest absolute Gasteiger partial charge is 0.263 e. The molecule has 0 spiro atoms. The fourth-order valence-corrected chi connectivity index (χ4v) is 4.05. The van der Waals surface area contributed by atoms with Crippen LogP contribution in [0.5, 0.6) is 11.5 Å². The number of rotatable bonds is 4. The van der Waals surface area contributed by atoms with Gasteiger partial charge in [-0.05, 0) is 44.2 Å². The molecule has 0 atom stereocenters. The molecule has 1 aliphatic rings. The Morgan fingerprint density at radius 1 is 1.22 bits per heavy atom. The average Bonchev–Trinajstić information content (AvgIpc) is 2.70. The van der Waals surface area contributed by atoms with Crippen molar-refractivity contribution < 1.29 is 22.7 Å². The molecule has 0 radical (unpaired) electrons. The van der Waals surface area contributed by atoms with E-state index in [0.29, 0.717) is 17.2 Å². The number of hydrogen-bond acceptors (Lipinski definition) is 5. The summed E-state index contributed by atoms with van der Waals surface area (Å²) in [7, 11) is -2.47. The first kappa shape index (κ1) is 19.3. The lowest BCUT2D eigenvalue weighted by molar-refractivity contribution is -0.124. The molecule has 0 aliphatic carbocycles. The van der Waals surface area contributed by atoms with Crippen LogP contribution in [0, 0.1) is 5.41 Å². The molecular formula is C18H19ClN2O5S. The Labute approximate surface area is 162 Å². The van der Waals surface area contributed by atoms with Gasteiger partial charge in [0.25, 0.3) is 10.0 Å². The third kappa shape index (κ3) is 3.96. The summed E-state index contributed by atoms with van der Waals surface area (Å²) in [4.78, 5) is 12.2. The molecule has 9 heteroatoms. The van der Waals surface area contributed by atoms with Gasteiger partial charge in [0.05, 0.1) is 28.9 Å².